The quantitative estimate of drug-likeness (QED) is 0.642. The minimum absolute atomic E-state index is 0.0164. The van der Waals surface area contributed by atoms with Crippen LogP contribution in [-0.4, -0.2) is 27.7 Å². The van der Waals surface area contributed by atoms with Crippen LogP contribution in [-0.2, 0) is 10.2 Å². The lowest BCUT2D eigenvalue weighted by atomic mass is 9.96. The maximum Gasteiger partial charge on any atom is 0.233 e. The van der Waals surface area contributed by atoms with Gasteiger partial charge in [0.2, 0.25) is 5.91 Å². The summed E-state index contributed by atoms with van der Waals surface area (Å²) in [4.78, 5) is 20.6. The van der Waals surface area contributed by atoms with Gasteiger partial charge in [0.15, 0.2) is 5.16 Å². The van der Waals surface area contributed by atoms with Crippen LogP contribution < -0.4 is 5.32 Å². The number of nitrogens with one attached hydrogen (secondary N) is 1. The predicted molar refractivity (Wildman–Crippen MR) is 92.7 cm³/mol. The van der Waals surface area contributed by atoms with E-state index < -0.39 is 0 Å². The van der Waals surface area contributed by atoms with Gasteiger partial charge in [-0.1, -0.05) is 35.5 Å². The molecule has 1 fully saturated rings. The molecule has 1 aliphatic rings. The van der Waals surface area contributed by atoms with Crippen molar-refractivity contribution in [3.8, 4) is 0 Å². The third-order valence-corrected chi connectivity index (χ3v) is 5.35. The standard InChI is InChI=1S/C17H18ClN3OS/c1-12(23-16-19-9-2-10-20-16)15(22)21-11-17(7-8-17)13-3-5-14(18)6-4-13/h2-6,9-10,12H,7-8,11H2,1H3,(H,21,22)/t12-/m1/s1. The molecule has 0 bridgehead atoms. The minimum Gasteiger partial charge on any atom is -0.354 e. The Bertz CT molecular complexity index is 674. The molecule has 0 unspecified atom stereocenters. The zero-order valence-electron chi connectivity index (χ0n) is 12.8. The van der Waals surface area contributed by atoms with Gasteiger partial charge in [0.05, 0.1) is 5.25 Å². The fraction of sp³-hybridized carbons (Fsp3) is 0.353. The van der Waals surface area contributed by atoms with E-state index in [-0.39, 0.29) is 16.6 Å². The largest absolute Gasteiger partial charge is 0.354 e. The van der Waals surface area contributed by atoms with Gasteiger partial charge in [-0.05, 0) is 43.5 Å². The highest BCUT2D eigenvalue weighted by molar-refractivity contribution is 8.00. The fourth-order valence-electron chi connectivity index (χ4n) is 2.48. The van der Waals surface area contributed by atoms with E-state index in [9.17, 15) is 4.79 Å². The van der Waals surface area contributed by atoms with Gasteiger partial charge in [-0.3, -0.25) is 4.79 Å². The number of halogens is 1. The van der Waals surface area contributed by atoms with E-state index in [0.29, 0.717) is 11.7 Å². The van der Waals surface area contributed by atoms with Crippen molar-refractivity contribution < 1.29 is 4.79 Å². The number of nitrogens with zero attached hydrogens (tertiary/aromatic N) is 2. The van der Waals surface area contributed by atoms with E-state index in [1.54, 1.807) is 18.5 Å². The Morgan fingerprint density at radius 3 is 2.57 bits per heavy atom. The van der Waals surface area contributed by atoms with Gasteiger partial charge in [0.1, 0.15) is 0 Å². The van der Waals surface area contributed by atoms with Crippen LogP contribution in [0.15, 0.2) is 47.9 Å². The number of hydrogen-bond donors (Lipinski definition) is 1. The van der Waals surface area contributed by atoms with Gasteiger partial charge >= 0.3 is 0 Å². The number of rotatable bonds is 6. The summed E-state index contributed by atoms with van der Waals surface area (Å²) in [6.07, 6.45) is 5.55. The summed E-state index contributed by atoms with van der Waals surface area (Å²) in [5.41, 5.74) is 1.32. The monoisotopic (exact) mass is 347 g/mol. The second kappa shape index (κ2) is 6.89. The molecule has 2 aromatic rings. The molecule has 0 aliphatic heterocycles. The number of thioether (sulfide) groups is 1. The smallest absolute Gasteiger partial charge is 0.233 e. The van der Waals surface area contributed by atoms with Crippen LogP contribution in [0.25, 0.3) is 0 Å². The van der Waals surface area contributed by atoms with E-state index in [1.807, 2.05) is 19.1 Å². The van der Waals surface area contributed by atoms with E-state index in [4.69, 9.17) is 11.6 Å². The summed E-state index contributed by atoms with van der Waals surface area (Å²) >= 11 is 7.31. The van der Waals surface area contributed by atoms with Gasteiger partial charge < -0.3 is 5.32 Å². The summed E-state index contributed by atoms with van der Waals surface area (Å²) in [5, 5.41) is 4.20. The number of amides is 1. The molecule has 6 heteroatoms. The molecule has 1 aromatic heterocycles. The van der Waals surface area contributed by atoms with Crippen molar-refractivity contribution in [2.24, 2.45) is 0 Å². The lowest BCUT2D eigenvalue weighted by molar-refractivity contribution is -0.120. The number of aromatic nitrogens is 2. The van der Waals surface area contributed by atoms with Gasteiger partial charge in [-0.25, -0.2) is 9.97 Å². The predicted octanol–water partition coefficient (Wildman–Crippen LogP) is 3.46. The van der Waals surface area contributed by atoms with Crippen LogP contribution in [0.5, 0.6) is 0 Å². The summed E-state index contributed by atoms with van der Waals surface area (Å²) in [6.45, 7) is 2.53. The van der Waals surface area contributed by atoms with Crippen molar-refractivity contribution in [1.29, 1.82) is 0 Å². The molecule has 3 rings (SSSR count). The molecular weight excluding hydrogens is 330 g/mol. The molecule has 120 valence electrons. The molecule has 1 atom stereocenters. The summed E-state index contributed by atoms with van der Waals surface area (Å²) < 4.78 is 0. The first-order chi connectivity index (χ1) is 11.1. The first-order valence-corrected chi connectivity index (χ1v) is 8.82. The molecule has 0 saturated heterocycles. The SMILES string of the molecule is C[C@@H](Sc1ncccn1)C(=O)NCC1(c2ccc(Cl)cc2)CC1. The van der Waals surface area contributed by atoms with Crippen molar-refractivity contribution in [3.63, 3.8) is 0 Å². The lowest BCUT2D eigenvalue weighted by Gasteiger charge is -2.18. The van der Waals surface area contributed by atoms with Crippen LogP contribution >= 0.6 is 23.4 Å². The molecule has 0 spiro atoms. The molecule has 0 radical (unpaired) electrons. The molecule has 23 heavy (non-hydrogen) atoms. The Labute approximate surface area is 145 Å². The molecule has 1 amide bonds. The van der Waals surface area contributed by atoms with Crippen LogP contribution in [0, 0.1) is 0 Å². The van der Waals surface area contributed by atoms with Crippen molar-refractivity contribution >= 4 is 29.3 Å². The average molecular weight is 348 g/mol. The highest BCUT2D eigenvalue weighted by Crippen LogP contribution is 2.47. The summed E-state index contributed by atoms with van der Waals surface area (Å²) in [7, 11) is 0. The average Bonchev–Trinajstić information content (AvgIpc) is 3.35. The maximum atomic E-state index is 12.3. The highest BCUT2D eigenvalue weighted by Gasteiger charge is 2.44. The van der Waals surface area contributed by atoms with Crippen molar-refractivity contribution in [2.75, 3.05) is 6.54 Å². The molecule has 1 heterocycles. The Kier molecular flexibility index (Phi) is 4.87. The van der Waals surface area contributed by atoms with Gasteiger partial charge in [-0.2, -0.15) is 0 Å². The minimum atomic E-state index is -0.224. The number of benzene rings is 1. The third kappa shape index (κ3) is 4.03. The second-order valence-corrected chi connectivity index (χ2v) is 7.54. The summed E-state index contributed by atoms with van der Waals surface area (Å²) in [5.74, 6) is 0.0164. The van der Waals surface area contributed by atoms with Crippen molar-refractivity contribution in [2.45, 2.75) is 35.6 Å². The van der Waals surface area contributed by atoms with Crippen LogP contribution in [0.1, 0.15) is 25.3 Å². The maximum absolute atomic E-state index is 12.3. The molecule has 1 N–H and O–H groups in total. The number of carbonyl (C=O) groups excluding carboxylic acids is 1. The van der Waals surface area contributed by atoms with Crippen molar-refractivity contribution in [1.82, 2.24) is 15.3 Å². The van der Waals surface area contributed by atoms with Crippen molar-refractivity contribution in [3.05, 3.63) is 53.3 Å². The van der Waals surface area contributed by atoms with Gasteiger partial charge in [-0.15, -0.1) is 0 Å². The Morgan fingerprint density at radius 2 is 1.96 bits per heavy atom. The topological polar surface area (TPSA) is 54.9 Å². The van der Waals surface area contributed by atoms with E-state index in [0.717, 1.165) is 17.9 Å². The zero-order valence-corrected chi connectivity index (χ0v) is 14.4. The van der Waals surface area contributed by atoms with Gasteiger partial charge in [0, 0.05) is 29.4 Å². The second-order valence-electron chi connectivity index (χ2n) is 5.80. The Hall–Kier alpha value is -1.59. The number of carbonyl (C=O) groups is 1. The fourth-order valence-corrected chi connectivity index (χ4v) is 3.36. The van der Waals surface area contributed by atoms with Crippen LogP contribution in [0.4, 0.5) is 0 Å². The van der Waals surface area contributed by atoms with E-state index in [1.165, 1.54) is 17.3 Å². The third-order valence-electron chi connectivity index (χ3n) is 4.10. The first kappa shape index (κ1) is 16.3. The highest BCUT2D eigenvalue weighted by atomic mass is 35.5. The molecule has 1 aliphatic carbocycles. The molecule has 1 saturated carbocycles. The summed E-state index contributed by atoms with van der Waals surface area (Å²) in [6, 6.07) is 9.68. The normalized spacial score (nSPS) is 16.6. The Balaban J connectivity index is 1.55. The Morgan fingerprint density at radius 1 is 1.30 bits per heavy atom. The van der Waals surface area contributed by atoms with E-state index in [2.05, 4.69) is 27.4 Å². The first-order valence-electron chi connectivity index (χ1n) is 7.56. The van der Waals surface area contributed by atoms with Crippen LogP contribution in [0.2, 0.25) is 5.02 Å². The van der Waals surface area contributed by atoms with E-state index >= 15 is 0 Å². The number of hydrogen-bond acceptors (Lipinski definition) is 4. The lowest BCUT2D eigenvalue weighted by Crippen LogP contribution is -2.36. The molecule has 1 aromatic carbocycles. The molecular formula is C17H18ClN3OS. The zero-order chi connectivity index (χ0) is 16.3. The van der Waals surface area contributed by atoms with Crippen LogP contribution in [0.3, 0.4) is 0 Å². The molecule has 4 nitrogen and oxygen atoms in total. The van der Waals surface area contributed by atoms with Gasteiger partial charge in [0.25, 0.3) is 0 Å².